The molecule has 0 bridgehead atoms. The first-order valence-electron chi connectivity index (χ1n) is 5.83. The Morgan fingerprint density at radius 3 is 3.12 bits per heavy atom. The first-order chi connectivity index (χ1) is 8.15. The molecule has 1 unspecified atom stereocenters. The molecule has 1 aromatic heterocycles. The predicted molar refractivity (Wildman–Crippen MR) is 65.0 cm³/mol. The van der Waals surface area contributed by atoms with Crippen LogP contribution >= 0.6 is 0 Å². The maximum atomic E-state index is 11.9. The van der Waals surface area contributed by atoms with E-state index in [9.17, 15) is 9.59 Å². The van der Waals surface area contributed by atoms with Gasteiger partial charge in [0.2, 0.25) is 5.56 Å². The largest absolute Gasteiger partial charge is 0.348 e. The van der Waals surface area contributed by atoms with Crippen molar-refractivity contribution >= 4 is 5.91 Å². The van der Waals surface area contributed by atoms with Crippen molar-refractivity contribution < 1.29 is 4.79 Å². The lowest BCUT2D eigenvalue weighted by Crippen LogP contribution is -2.46. The summed E-state index contributed by atoms with van der Waals surface area (Å²) in [6.07, 6.45) is 3.58. The van der Waals surface area contributed by atoms with Crippen LogP contribution in [0.2, 0.25) is 0 Å². The van der Waals surface area contributed by atoms with Crippen LogP contribution in [-0.2, 0) is 0 Å². The molecule has 0 saturated carbocycles. The van der Waals surface area contributed by atoms with E-state index < -0.39 is 0 Å². The highest BCUT2D eigenvalue weighted by atomic mass is 16.2. The second-order valence-electron chi connectivity index (χ2n) is 4.52. The Labute approximate surface area is 99.8 Å². The van der Waals surface area contributed by atoms with Crippen LogP contribution in [0.1, 0.15) is 23.2 Å². The van der Waals surface area contributed by atoms with Gasteiger partial charge in [-0.1, -0.05) is 0 Å². The third-order valence-electron chi connectivity index (χ3n) is 3.00. The standard InChI is InChI=1S/C12H17N3O2/c1-15-6-2-3-10(8-15)14-12(17)9-4-5-13-11(16)7-9/h4-5,7,10H,2-3,6,8H2,1H3,(H,13,16)(H,14,17). The van der Waals surface area contributed by atoms with Crippen LogP contribution in [0.3, 0.4) is 0 Å². The van der Waals surface area contributed by atoms with Crippen LogP contribution in [0.15, 0.2) is 23.1 Å². The van der Waals surface area contributed by atoms with E-state index in [1.807, 2.05) is 7.05 Å². The average Bonchev–Trinajstić information content (AvgIpc) is 2.29. The molecule has 5 nitrogen and oxygen atoms in total. The predicted octanol–water partition coefficient (Wildman–Crippen LogP) is 0.199. The van der Waals surface area contributed by atoms with Gasteiger partial charge in [-0.15, -0.1) is 0 Å². The van der Waals surface area contributed by atoms with E-state index in [1.54, 1.807) is 6.07 Å². The molecule has 2 rings (SSSR count). The van der Waals surface area contributed by atoms with Crippen LogP contribution < -0.4 is 10.9 Å². The highest BCUT2D eigenvalue weighted by Gasteiger charge is 2.19. The molecule has 1 saturated heterocycles. The van der Waals surface area contributed by atoms with E-state index in [1.165, 1.54) is 12.3 Å². The van der Waals surface area contributed by atoms with Crippen molar-refractivity contribution in [3.63, 3.8) is 0 Å². The summed E-state index contributed by atoms with van der Waals surface area (Å²) >= 11 is 0. The second-order valence-corrected chi connectivity index (χ2v) is 4.52. The van der Waals surface area contributed by atoms with Crippen molar-refractivity contribution in [2.75, 3.05) is 20.1 Å². The lowest BCUT2D eigenvalue weighted by Gasteiger charge is -2.30. The average molecular weight is 235 g/mol. The maximum Gasteiger partial charge on any atom is 0.251 e. The summed E-state index contributed by atoms with van der Waals surface area (Å²) in [6.45, 7) is 1.95. The first kappa shape index (κ1) is 11.9. The highest BCUT2D eigenvalue weighted by molar-refractivity contribution is 5.94. The van der Waals surface area contributed by atoms with Crippen LogP contribution in [0.5, 0.6) is 0 Å². The molecule has 17 heavy (non-hydrogen) atoms. The monoisotopic (exact) mass is 235 g/mol. The van der Waals surface area contributed by atoms with Crippen molar-refractivity contribution in [3.05, 3.63) is 34.2 Å². The van der Waals surface area contributed by atoms with Gasteiger partial charge in [-0.05, 0) is 32.5 Å². The minimum atomic E-state index is -0.251. The Morgan fingerprint density at radius 2 is 2.41 bits per heavy atom. The molecule has 0 spiro atoms. The van der Waals surface area contributed by atoms with E-state index in [0.29, 0.717) is 5.56 Å². The van der Waals surface area contributed by atoms with Gasteiger partial charge < -0.3 is 15.2 Å². The van der Waals surface area contributed by atoms with E-state index in [-0.39, 0.29) is 17.5 Å². The van der Waals surface area contributed by atoms with E-state index >= 15 is 0 Å². The molecule has 0 radical (unpaired) electrons. The maximum absolute atomic E-state index is 11.9. The molecule has 1 aliphatic heterocycles. The number of likely N-dealkylation sites (tertiary alicyclic amines) is 1. The summed E-state index contributed by atoms with van der Waals surface area (Å²) in [5.74, 6) is -0.170. The Hall–Kier alpha value is -1.62. The number of nitrogens with zero attached hydrogens (tertiary/aromatic N) is 1. The smallest absolute Gasteiger partial charge is 0.251 e. The van der Waals surface area contributed by atoms with Crippen molar-refractivity contribution in [2.45, 2.75) is 18.9 Å². The van der Waals surface area contributed by atoms with E-state index in [2.05, 4.69) is 15.2 Å². The zero-order valence-corrected chi connectivity index (χ0v) is 9.90. The van der Waals surface area contributed by atoms with Crippen molar-refractivity contribution in [2.24, 2.45) is 0 Å². The number of hydrogen-bond donors (Lipinski definition) is 2. The molecule has 2 heterocycles. The molecule has 0 aliphatic carbocycles. The Morgan fingerprint density at radius 1 is 1.59 bits per heavy atom. The summed E-state index contributed by atoms with van der Waals surface area (Å²) in [5, 5.41) is 2.96. The quantitative estimate of drug-likeness (QED) is 0.769. The number of likely N-dealkylation sites (N-methyl/N-ethyl adjacent to an activating group) is 1. The lowest BCUT2D eigenvalue weighted by molar-refractivity contribution is 0.0912. The Kier molecular flexibility index (Phi) is 3.58. The number of pyridine rings is 1. The fourth-order valence-electron chi connectivity index (χ4n) is 2.14. The number of rotatable bonds is 2. The minimum absolute atomic E-state index is 0.170. The van der Waals surface area contributed by atoms with E-state index in [0.717, 1.165) is 25.9 Å². The molecule has 1 fully saturated rings. The third-order valence-corrected chi connectivity index (χ3v) is 3.00. The van der Waals surface area contributed by atoms with Crippen molar-refractivity contribution in [3.8, 4) is 0 Å². The molecule has 1 atom stereocenters. The summed E-state index contributed by atoms with van der Waals surface area (Å²) in [4.78, 5) is 27.7. The summed E-state index contributed by atoms with van der Waals surface area (Å²) in [7, 11) is 2.05. The summed E-state index contributed by atoms with van der Waals surface area (Å²) in [5.41, 5.74) is 0.167. The van der Waals surface area contributed by atoms with E-state index in [4.69, 9.17) is 0 Å². The first-order valence-corrected chi connectivity index (χ1v) is 5.83. The Bertz CT molecular complexity index is 455. The topological polar surface area (TPSA) is 65.2 Å². The molecular formula is C12H17N3O2. The number of carbonyl (C=O) groups is 1. The molecule has 5 heteroatoms. The zero-order valence-electron chi connectivity index (χ0n) is 9.90. The normalized spacial score (nSPS) is 21.1. The van der Waals surface area contributed by atoms with Crippen LogP contribution in [0.4, 0.5) is 0 Å². The fourth-order valence-corrected chi connectivity index (χ4v) is 2.14. The zero-order chi connectivity index (χ0) is 12.3. The number of nitrogens with one attached hydrogen (secondary N) is 2. The number of carbonyl (C=O) groups excluding carboxylic acids is 1. The lowest BCUT2D eigenvalue weighted by atomic mass is 10.1. The number of aromatic amines is 1. The van der Waals surface area contributed by atoms with Crippen LogP contribution in [0.25, 0.3) is 0 Å². The van der Waals surface area contributed by atoms with Gasteiger partial charge in [0.15, 0.2) is 0 Å². The van der Waals surface area contributed by atoms with Crippen LogP contribution in [-0.4, -0.2) is 42.0 Å². The van der Waals surface area contributed by atoms with Gasteiger partial charge in [0.25, 0.3) is 5.91 Å². The van der Waals surface area contributed by atoms with Gasteiger partial charge >= 0.3 is 0 Å². The number of hydrogen-bond acceptors (Lipinski definition) is 3. The van der Waals surface area contributed by atoms with Gasteiger partial charge in [-0.2, -0.15) is 0 Å². The van der Waals surface area contributed by atoms with Crippen molar-refractivity contribution in [1.82, 2.24) is 15.2 Å². The molecule has 1 aliphatic rings. The number of H-pyrrole nitrogens is 1. The molecular weight excluding hydrogens is 218 g/mol. The van der Waals surface area contributed by atoms with Crippen molar-refractivity contribution in [1.29, 1.82) is 0 Å². The van der Waals surface area contributed by atoms with Crippen LogP contribution in [0, 0.1) is 0 Å². The fraction of sp³-hybridized carbons (Fsp3) is 0.500. The molecule has 1 aromatic rings. The number of aromatic nitrogens is 1. The molecule has 1 amide bonds. The second kappa shape index (κ2) is 5.14. The summed E-state index contributed by atoms with van der Waals surface area (Å²) in [6, 6.07) is 3.12. The third kappa shape index (κ3) is 3.17. The van der Waals surface area contributed by atoms with Gasteiger partial charge in [-0.3, -0.25) is 9.59 Å². The van der Waals surface area contributed by atoms with Gasteiger partial charge in [0.05, 0.1) is 0 Å². The SMILES string of the molecule is CN1CCCC(NC(=O)c2cc[nH]c(=O)c2)C1. The van der Waals surface area contributed by atoms with Gasteiger partial charge in [-0.25, -0.2) is 0 Å². The molecule has 2 N–H and O–H groups in total. The Balaban J connectivity index is 1.99. The molecule has 92 valence electrons. The number of amides is 1. The number of piperidine rings is 1. The van der Waals surface area contributed by atoms with Gasteiger partial charge in [0.1, 0.15) is 0 Å². The minimum Gasteiger partial charge on any atom is -0.348 e. The molecule has 0 aromatic carbocycles. The summed E-state index contributed by atoms with van der Waals surface area (Å²) < 4.78 is 0. The highest BCUT2D eigenvalue weighted by Crippen LogP contribution is 2.08. The van der Waals surface area contributed by atoms with Gasteiger partial charge in [0, 0.05) is 30.4 Å².